The lowest BCUT2D eigenvalue weighted by atomic mass is 10.1. The summed E-state index contributed by atoms with van der Waals surface area (Å²) >= 11 is 0. The van der Waals surface area contributed by atoms with Crippen molar-refractivity contribution in [2.45, 2.75) is 22.5 Å². The van der Waals surface area contributed by atoms with Crippen molar-refractivity contribution >= 4 is 10.8 Å². The zero-order valence-electron chi connectivity index (χ0n) is 7.89. The van der Waals surface area contributed by atoms with E-state index >= 15 is 0 Å². The second kappa shape index (κ2) is 3.47. The molecule has 94 valence electrons. The number of fused-ring (bicyclic) bond motifs is 1. The first kappa shape index (κ1) is 12.4. The van der Waals surface area contributed by atoms with E-state index in [1.165, 1.54) is 0 Å². The number of hydrogen-bond donors (Lipinski definition) is 0. The maximum absolute atomic E-state index is 13.2. The highest BCUT2D eigenvalue weighted by molar-refractivity contribution is 7.86. The Kier molecular flexibility index (Phi) is 2.53. The maximum atomic E-state index is 13.2. The highest BCUT2D eigenvalue weighted by Gasteiger charge is 2.69. The zero-order valence-corrected chi connectivity index (χ0v) is 8.71. The molecule has 1 aliphatic rings. The molecule has 0 bridgehead atoms. The minimum Gasteiger partial charge on any atom is -0.248 e. The van der Waals surface area contributed by atoms with Gasteiger partial charge in [-0.25, -0.2) is 13.0 Å². The Morgan fingerprint density at radius 3 is 2.24 bits per heavy atom. The lowest BCUT2D eigenvalue weighted by molar-refractivity contribution is -0.156. The van der Waals surface area contributed by atoms with Gasteiger partial charge in [0.2, 0.25) is 0 Å². The monoisotopic (exact) mass is 274 g/mol. The van der Waals surface area contributed by atoms with Gasteiger partial charge in [-0.15, -0.1) is 0 Å². The lowest BCUT2D eigenvalue weighted by Crippen LogP contribution is -2.35. The Morgan fingerprint density at radius 2 is 1.71 bits per heavy atom. The smallest absolute Gasteiger partial charge is 0.248 e. The van der Waals surface area contributed by atoms with Gasteiger partial charge in [0.15, 0.2) is 0 Å². The van der Waals surface area contributed by atoms with Gasteiger partial charge in [0.05, 0.1) is 4.90 Å². The zero-order chi connectivity index (χ0) is 13.0. The van der Waals surface area contributed by atoms with Gasteiger partial charge in [-0.05, 0) is 0 Å². The summed E-state index contributed by atoms with van der Waals surface area (Å²) in [6.45, 7) is 0. The Balaban J connectivity index is 2.77. The van der Waals surface area contributed by atoms with Crippen LogP contribution in [0.15, 0.2) is 23.1 Å². The van der Waals surface area contributed by atoms with Crippen LogP contribution in [0.1, 0.15) is 17.6 Å². The summed E-state index contributed by atoms with van der Waals surface area (Å²) < 4.78 is 88.7. The molecule has 2 rings (SSSR count). The van der Waals surface area contributed by atoms with Crippen LogP contribution in [0, 0.1) is 0 Å². The first-order valence-corrected chi connectivity index (χ1v) is 5.45. The summed E-state index contributed by atoms with van der Waals surface area (Å²) in [5.74, 6) is -4.70. The SMILES string of the molecule is O=S1c2c(C(F)F)cccc2C(F)(F)C1(F)F. The quantitative estimate of drug-likeness (QED) is 0.717. The third kappa shape index (κ3) is 1.42. The predicted octanol–water partition coefficient (Wildman–Crippen LogP) is 3.43. The predicted molar refractivity (Wildman–Crippen MR) is 46.6 cm³/mol. The molecule has 8 heteroatoms. The lowest BCUT2D eigenvalue weighted by Gasteiger charge is -2.16. The molecule has 0 saturated heterocycles. The average Bonchev–Trinajstić information content (AvgIpc) is 2.38. The van der Waals surface area contributed by atoms with Crippen molar-refractivity contribution in [3.8, 4) is 0 Å². The second-order valence-electron chi connectivity index (χ2n) is 3.38. The number of halogens is 6. The number of alkyl halides is 6. The summed E-state index contributed by atoms with van der Waals surface area (Å²) in [5.41, 5.74) is -2.34. The standard InChI is InChI=1S/C9H4F6OS/c10-7(11)4-2-1-3-5-6(4)17(16)9(14,15)8(5,12)13/h1-3,7H. The molecule has 0 radical (unpaired) electrons. The molecule has 1 aliphatic heterocycles. The van der Waals surface area contributed by atoms with Crippen LogP contribution in [0.5, 0.6) is 0 Å². The van der Waals surface area contributed by atoms with Crippen LogP contribution in [0.3, 0.4) is 0 Å². The van der Waals surface area contributed by atoms with Crippen molar-refractivity contribution in [1.29, 1.82) is 0 Å². The maximum Gasteiger partial charge on any atom is 0.391 e. The third-order valence-electron chi connectivity index (χ3n) is 2.40. The van der Waals surface area contributed by atoms with E-state index in [2.05, 4.69) is 0 Å². The van der Waals surface area contributed by atoms with E-state index in [9.17, 15) is 30.6 Å². The Bertz CT molecular complexity index is 498. The first-order valence-electron chi connectivity index (χ1n) is 4.30. The van der Waals surface area contributed by atoms with Crippen molar-refractivity contribution in [3.63, 3.8) is 0 Å². The topological polar surface area (TPSA) is 17.1 Å². The Morgan fingerprint density at radius 1 is 1.12 bits per heavy atom. The minimum atomic E-state index is -4.86. The van der Waals surface area contributed by atoms with Crippen molar-refractivity contribution in [3.05, 3.63) is 29.3 Å². The summed E-state index contributed by atoms with van der Waals surface area (Å²) in [7, 11) is -3.47. The number of hydrogen-bond acceptors (Lipinski definition) is 1. The summed E-state index contributed by atoms with van der Waals surface area (Å²) in [6, 6.07) is 2.10. The molecule has 0 amide bonds. The molecule has 1 heterocycles. The molecule has 1 nitrogen and oxygen atoms in total. The van der Waals surface area contributed by atoms with E-state index in [1.807, 2.05) is 0 Å². The summed E-state index contributed by atoms with van der Waals surface area (Å²) in [5, 5.41) is -4.86. The molecule has 0 saturated carbocycles. The van der Waals surface area contributed by atoms with Gasteiger partial charge in [0.1, 0.15) is 10.8 Å². The normalized spacial score (nSPS) is 25.0. The third-order valence-corrected chi connectivity index (χ3v) is 3.95. The Labute approximate surface area is 93.9 Å². The minimum absolute atomic E-state index is 0.583. The van der Waals surface area contributed by atoms with Gasteiger partial charge in [0, 0.05) is 11.1 Å². The van der Waals surface area contributed by atoms with Crippen LogP contribution in [0.2, 0.25) is 0 Å². The van der Waals surface area contributed by atoms with E-state index in [0.29, 0.717) is 12.1 Å². The molecule has 0 aromatic heterocycles. The Hall–Kier alpha value is -1.05. The number of rotatable bonds is 1. The molecule has 1 unspecified atom stereocenters. The summed E-state index contributed by atoms with van der Waals surface area (Å²) in [4.78, 5) is -1.16. The van der Waals surface area contributed by atoms with Crippen LogP contribution in [-0.4, -0.2) is 9.46 Å². The molecule has 0 fully saturated rings. The van der Waals surface area contributed by atoms with Crippen LogP contribution in [-0.2, 0) is 16.7 Å². The molecular formula is C9H4F6OS. The largest absolute Gasteiger partial charge is 0.391 e. The van der Waals surface area contributed by atoms with Crippen molar-refractivity contribution in [2.24, 2.45) is 0 Å². The van der Waals surface area contributed by atoms with E-state index in [1.54, 1.807) is 0 Å². The molecule has 0 aliphatic carbocycles. The van der Waals surface area contributed by atoms with Gasteiger partial charge in [-0.2, -0.15) is 17.6 Å². The highest BCUT2D eigenvalue weighted by Crippen LogP contribution is 2.55. The fourth-order valence-electron chi connectivity index (χ4n) is 1.58. The average molecular weight is 274 g/mol. The summed E-state index contributed by atoms with van der Waals surface area (Å²) in [6.07, 6.45) is -3.24. The van der Waals surface area contributed by atoms with Gasteiger partial charge < -0.3 is 0 Å². The van der Waals surface area contributed by atoms with E-state index in [0.717, 1.165) is 6.07 Å². The number of benzene rings is 1. The molecule has 0 spiro atoms. The first-order chi connectivity index (χ1) is 7.71. The van der Waals surface area contributed by atoms with Crippen LogP contribution < -0.4 is 0 Å². The molecule has 1 aromatic carbocycles. The molecule has 17 heavy (non-hydrogen) atoms. The second-order valence-corrected chi connectivity index (χ2v) is 4.84. The van der Waals surface area contributed by atoms with Gasteiger partial charge >= 0.3 is 11.2 Å². The fourth-order valence-corrected chi connectivity index (χ4v) is 2.95. The van der Waals surface area contributed by atoms with Crippen molar-refractivity contribution < 1.29 is 30.6 Å². The molecule has 0 N–H and O–H groups in total. The van der Waals surface area contributed by atoms with Gasteiger partial charge in [0.25, 0.3) is 6.43 Å². The van der Waals surface area contributed by atoms with Crippen LogP contribution in [0.25, 0.3) is 0 Å². The highest BCUT2D eigenvalue weighted by atomic mass is 32.2. The van der Waals surface area contributed by atoms with Crippen LogP contribution >= 0.6 is 0 Å². The van der Waals surface area contributed by atoms with E-state index in [-0.39, 0.29) is 0 Å². The van der Waals surface area contributed by atoms with E-state index < -0.39 is 44.4 Å². The van der Waals surface area contributed by atoms with Gasteiger partial charge in [-0.3, -0.25) is 0 Å². The van der Waals surface area contributed by atoms with Crippen LogP contribution in [0.4, 0.5) is 26.3 Å². The van der Waals surface area contributed by atoms with Crippen molar-refractivity contribution in [1.82, 2.24) is 0 Å². The molecule has 1 aromatic rings. The van der Waals surface area contributed by atoms with Crippen molar-refractivity contribution in [2.75, 3.05) is 0 Å². The fraction of sp³-hybridized carbons (Fsp3) is 0.333. The molecular weight excluding hydrogens is 270 g/mol. The van der Waals surface area contributed by atoms with Gasteiger partial charge in [-0.1, -0.05) is 18.2 Å². The van der Waals surface area contributed by atoms with E-state index in [4.69, 9.17) is 0 Å². The molecule has 1 atom stereocenters.